The van der Waals surface area contributed by atoms with E-state index < -0.39 is 45.5 Å². The number of rotatable bonds is 27. The quantitative estimate of drug-likeness (QED) is 0.0478. The second kappa shape index (κ2) is 19.5. The lowest BCUT2D eigenvalue weighted by atomic mass is 9.88. The molecule has 0 aliphatic heterocycles. The van der Waals surface area contributed by atoms with E-state index in [1.807, 2.05) is 0 Å². The van der Waals surface area contributed by atoms with Gasteiger partial charge in [-0.15, -0.1) is 0 Å². The molecule has 8 atom stereocenters. The smallest absolute Gasteiger partial charge is 0.324 e. The molecule has 0 heterocycles. The van der Waals surface area contributed by atoms with E-state index in [4.69, 9.17) is 9.47 Å². The van der Waals surface area contributed by atoms with Gasteiger partial charge in [0.15, 0.2) is 11.5 Å². The summed E-state index contributed by atoms with van der Waals surface area (Å²) in [5.74, 6) is -0.594. The van der Waals surface area contributed by atoms with Gasteiger partial charge < -0.3 is 19.5 Å². The van der Waals surface area contributed by atoms with Crippen LogP contribution in [0.2, 0.25) is 0 Å². The number of fused-ring (bicyclic) bond motifs is 2. The molecule has 4 saturated carbocycles. The van der Waals surface area contributed by atoms with Crippen molar-refractivity contribution in [3.8, 4) is 0 Å². The third kappa shape index (κ3) is 10.8. The minimum atomic E-state index is -5.00. The second-order valence-electron chi connectivity index (χ2n) is 19.4. The zero-order valence-corrected chi connectivity index (χ0v) is 36.2. The number of unbranched alkanes of at least 4 members (excludes halogenated alkanes) is 15. The van der Waals surface area contributed by atoms with Gasteiger partial charge in [0.1, 0.15) is 0 Å². The normalized spacial score (nSPS) is 30.5. The molecular weight excluding hydrogens is 703 g/mol. The molecule has 8 unspecified atom stereocenters. The van der Waals surface area contributed by atoms with Gasteiger partial charge in [0.2, 0.25) is 5.91 Å². The van der Waals surface area contributed by atoms with E-state index in [0.717, 1.165) is 51.4 Å². The van der Waals surface area contributed by atoms with Crippen molar-refractivity contribution >= 4 is 22.0 Å². The summed E-state index contributed by atoms with van der Waals surface area (Å²) < 4.78 is 48.3. The van der Waals surface area contributed by atoms with Gasteiger partial charge in [-0.25, -0.2) is 0 Å². The number of aliphatic carboxylic acids is 1. The zero-order valence-electron chi connectivity index (χ0n) is 35.3. The minimum absolute atomic E-state index is 0.00340. The summed E-state index contributed by atoms with van der Waals surface area (Å²) in [7, 11) is -5.00. The number of amides is 1. The maximum absolute atomic E-state index is 14.2. The van der Waals surface area contributed by atoms with E-state index in [9.17, 15) is 27.7 Å². The Morgan fingerprint density at radius 1 is 0.704 bits per heavy atom. The molecule has 2 N–H and O–H groups in total. The summed E-state index contributed by atoms with van der Waals surface area (Å²) in [6.45, 7) is 16.3. The van der Waals surface area contributed by atoms with Crippen LogP contribution in [0.4, 0.5) is 0 Å². The molecule has 314 valence electrons. The fraction of sp³-hybridized carbons (Fsp3) is 0.955. The van der Waals surface area contributed by atoms with Gasteiger partial charge in [-0.2, -0.15) is 8.42 Å². The molecule has 54 heavy (non-hydrogen) atoms. The monoisotopic (exact) mass is 782 g/mol. The predicted octanol–water partition coefficient (Wildman–Crippen LogP) is 10.6. The van der Waals surface area contributed by atoms with Crippen LogP contribution >= 0.6 is 0 Å². The van der Waals surface area contributed by atoms with E-state index in [-0.39, 0.29) is 23.0 Å². The summed E-state index contributed by atoms with van der Waals surface area (Å²) in [5.41, 5.74) is -0.820. The molecule has 0 radical (unpaired) electrons. The SMILES string of the molecule is CCCCCCCCCCCCCCCCCCN(C(=O)CC(C(=O)O)S(=O)(=O)O)C(COC12CC(C)CCC1C2(C)C)OC12CC(C)CCC1C2(C)C. The summed E-state index contributed by atoms with van der Waals surface area (Å²) in [6, 6.07) is 0. The van der Waals surface area contributed by atoms with Gasteiger partial charge in [0, 0.05) is 6.54 Å². The molecular formula is C44H79NO8S. The highest BCUT2D eigenvalue weighted by atomic mass is 32.2. The Morgan fingerprint density at radius 2 is 1.13 bits per heavy atom. The number of carbonyl (C=O) groups is 2. The fourth-order valence-corrected chi connectivity index (χ4v) is 11.7. The number of carboxylic acids is 1. The Labute approximate surface area is 329 Å². The number of nitrogens with zero attached hydrogens (tertiary/aromatic N) is 1. The van der Waals surface area contributed by atoms with Crippen molar-refractivity contribution in [2.45, 2.75) is 219 Å². The third-order valence-electron chi connectivity index (χ3n) is 14.8. The maximum Gasteiger partial charge on any atom is 0.324 e. The lowest BCUT2D eigenvalue weighted by molar-refractivity contribution is -0.190. The van der Waals surface area contributed by atoms with Crippen molar-refractivity contribution in [2.24, 2.45) is 34.5 Å². The van der Waals surface area contributed by atoms with Crippen LogP contribution in [0.5, 0.6) is 0 Å². The zero-order chi connectivity index (χ0) is 39.8. The Bertz CT molecular complexity index is 1320. The van der Waals surface area contributed by atoms with Crippen molar-refractivity contribution in [3.63, 3.8) is 0 Å². The topological polar surface area (TPSA) is 130 Å². The van der Waals surface area contributed by atoms with E-state index >= 15 is 0 Å². The first kappa shape index (κ1) is 45.5. The Kier molecular flexibility index (Phi) is 16.4. The van der Waals surface area contributed by atoms with Crippen molar-refractivity contribution in [1.29, 1.82) is 0 Å². The molecule has 4 aliphatic rings. The van der Waals surface area contributed by atoms with Crippen LogP contribution in [-0.4, -0.2) is 70.7 Å². The molecule has 9 nitrogen and oxygen atoms in total. The van der Waals surface area contributed by atoms with Crippen LogP contribution in [0.25, 0.3) is 0 Å². The molecule has 4 aliphatic carbocycles. The number of hydrogen-bond donors (Lipinski definition) is 2. The molecule has 0 aromatic carbocycles. The Balaban J connectivity index is 1.40. The Morgan fingerprint density at radius 3 is 1.59 bits per heavy atom. The number of carboxylic acid groups (broad SMARTS) is 1. The Hall–Kier alpha value is -1.23. The molecule has 0 saturated heterocycles. The van der Waals surface area contributed by atoms with E-state index in [1.165, 1.54) is 83.5 Å². The number of carbonyl (C=O) groups excluding carboxylic acids is 1. The lowest BCUT2D eigenvalue weighted by Gasteiger charge is -2.39. The van der Waals surface area contributed by atoms with Crippen molar-refractivity contribution in [1.82, 2.24) is 4.90 Å². The molecule has 4 fully saturated rings. The van der Waals surface area contributed by atoms with Crippen LogP contribution in [0.15, 0.2) is 0 Å². The average molecular weight is 782 g/mol. The van der Waals surface area contributed by atoms with Crippen molar-refractivity contribution < 1.29 is 37.1 Å². The summed E-state index contributed by atoms with van der Waals surface area (Å²) in [4.78, 5) is 27.8. The van der Waals surface area contributed by atoms with Crippen molar-refractivity contribution in [3.05, 3.63) is 0 Å². The highest BCUT2D eigenvalue weighted by molar-refractivity contribution is 7.87. The standard InChI is InChI=1S/C44H79NO8S/c1-8-9-10-11-12-13-14-15-16-17-18-19-20-21-22-23-28-45(38(46)29-35(40(47)48)54(49,50)51)39(53-44-31-34(3)25-27-37(44)42(44,6)7)32-52-43-30-33(2)24-26-36(43)41(43,4)5/h33-37,39H,8-32H2,1-7H3,(H,47,48)(H,49,50,51). The van der Waals surface area contributed by atoms with Crippen LogP contribution in [0.3, 0.4) is 0 Å². The molecule has 0 aromatic rings. The molecule has 1 amide bonds. The second-order valence-corrected chi connectivity index (χ2v) is 21.0. The number of hydrogen-bond acceptors (Lipinski definition) is 6. The van der Waals surface area contributed by atoms with Gasteiger partial charge in [0.05, 0.1) is 24.2 Å². The van der Waals surface area contributed by atoms with Gasteiger partial charge in [-0.3, -0.25) is 14.1 Å². The maximum atomic E-state index is 14.2. The van der Waals surface area contributed by atoms with Crippen LogP contribution < -0.4 is 0 Å². The summed E-state index contributed by atoms with van der Waals surface area (Å²) >= 11 is 0. The molecule has 0 bridgehead atoms. The van der Waals surface area contributed by atoms with E-state index in [1.54, 1.807) is 4.90 Å². The molecule has 0 spiro atoms. The highest BCUT2D eigenvalue weighted by Gasteiger charge is 2.75. The van der Waals surface area contributed by atoms with Gasteiger partial charge in [-0.1, -0.05) is 158 Å². The van der Waals surface area contributed by atoms with Gasteiger partial charge >= 0.3 is 5.97 Å². The first-order valence-corrected chi connectivity index (χ1v) is 23.7. The van der Waals surface area contributed by atoms with Crippen LogP contribution in [0.1, 0.15) is 196 Å². The van der Waals surface area contributed by atoms with E-state index in [0.29, 0.717) is 36.6 Å². The van der Waals surface area contributed by atoms with Gasteiger partial charge in [0.25, 0.3) is 10.1 Å². The highest BCUT2D eigenvalue weighted by Crippen LogP contribution is 2.72. The predicted molar refractivity (Wildman–Crippen MR) is 216 cm³/mol. The summed E-state index contributed by atoms with van der Waals surface area (Å²) in [5, 5.41) is 7.51. The average Bonchev–Trinajstić information content (AvgIpc) is 3.79. The summed E-state index contributed by atoms with van der Waals surface area (Å²) in [6.07, 6.45) is 24.3. The molecule has 0 aromatic heterocycles. The van der Waals surface area contributed by atoms with Crippen molar-refractivity contribution in [2.75, 3.05) is 13.2 Å². The first-order valence-electron chi connectivity index (χ1n) is 22.2. The van der Waals surface area contributed by atoms with Gasteiger partial charge in [-0.05, 0) is 66.6 Å². The van der Waals surface area contributed by atoms with E-state index in [2.05, 4.69) is 48.5 Å². The molecule has 10 heteroatoms. The third-order valence-corrected chi connectivity index (χ3v) is 15.9. The van der Waals surface area contributed by atoms with Crippen LogP contribution in [-0.2, 0) is 29.2 Å². The largest absolute Gasteiger partial charge is 0.480 e. The molecule has 4 rings (SSSR count). The number of ether oxygens (including phenoxy) is 2. The fourth-order valence-electron chi connectivity index (χ4n) is 11.1. The lowest BCUT2D eigenvalue weighted by Crippen LogP contribution is -2.51. The van der Waals surface area contributed by atoms with Crippen LogP contribution in [0, 0.1) is 34.5 Å². The minimum Gasteiger partial charge on any atom is -0.480 e. The first-order chi connectivity index (χ1) is 25.4.